The van der Waals surface area contributed by atoms with Crippen LogP contribution in [0.25, 0.3) is 43.8 Å². The van der Waals surface area contributed by atoms with Gasteiger partial charge in [0.05, 0.1) is 22.7 Å². The molecule has 8 aromatic rings. The number of anilines is 5. The Balaban J connectivity index is 0.991. The molecule has 11 rings (SSSR count). The molecule has 0 saturated heterocycles. The van der Waals surface area contributed by atoms with E-state index in [0.29, 0.717) is 5.92 Å². The Kier molecular flexibility index (Phi) is 10.8. The van der Waals surface area contributed by atoms with Crippen LogP contribution in [0.1, 0.15) is 43.2 Å². The predicted molar refractivity (Wildman–Crippen MR) is 274 cm³/mol. The van der Waals surface area contributed by atoms with Crippen molar-refractivity contribution in [2.75, 3.05) is 9.80 Å². The highest BCUT2D eigenvalue weighted by atomic mass is 15.2. The van der Waals surface area contributed by atoms with Gasteiger partial charge in [-0.05, 0) is 113 Å². The Morgan fingerprint density at radius 3 is 1.53 bits per heavy atom. The lowest BCUT2D eigenvalue weighted by Gasteiger charge is -2.33. The lowest BCUT2D eigenvalue weighted by molar-refractivity contribution is 0.762. The fourth-order valence-corrected chi connectivity index (χ4v) is 9.95. The number of rotatable bonds is 10. The Morgan fingerprint density at radius 1 is 0.406 bits per heavy atom. The first-order valence-electron chi connectivity index (χ1n) is 22.8. The summed E-state index contributed by atoms with van der Waals surface area (Å²) in [5, 5.41) is 4.93. The van der Waals surface area contributed by atoms with Gasteiger partial charge in [-0.25, -0.2) is 0 Å². The molecule has 1 atom stereocenters. The number of hydrogen-bond acceptors (Lipinski definition) is 2. The molecule has 0 aliphatic heterocycles. The summed E-state index contributed by atoms with van der Waals surface area (Å²) >= 11 is 0. The van der Waals surface area contributed by atoms with E-state index in [0.717, 1.165) is 43.5 Å². The number of benzene rings is 8. The minimum atomic E-state index is 0.405. The molecule has 3 aliphatic carbocycles. The average molecular weight is 823 g/mol. The SMILES string of the molecule is C1=CC(C2C=CC(N(c3ccccc3C3=CC=C(c4ccccc4N(c4ccc(-c5ccccc5)cc4)c4cccc5ccccc45)CC3)c3cccc4ccccc34)=CC2)=CCC1. The molecule has 0 aromatic heterocycles. The van der Waals surface area contributed by atoms with E-state index < -0.39 is 0 Å². The van der Waals surface area contributed by atoms with Crippen LogP contribution in [0.2, 0.25) is 0 Å². The highest BCUT2D eigenvalue weighted by Crippen LogP contribution is 2.47. The standard InChI is InChI=1S/C62H50N2/c1-3-17-45(18-4-1)47-37-41-53(42-38-47)63(61-31-15-23-49-21-7-9-25-55(49)61)59-29-13-11-27-57(59)51-33-35-52(36-34-51)58-28-12-14-30-60(58)64(62-32-16-24-50-22-8-10-26-56(50)62)54-43-39-48(40-44-54)46-19-5-2-6-20-46/h1,3-5,7-33,35,37-39,41-44,48H,2,6,34,36,40H2. The van der Waals surface area contributed by atoms with E-state index in [4.69, 9.17) is 0 Å². The van der Waals surface area contributed by atoms with Crippen LogP contribution in [0.5, 0.6) is 0 Å². The van der Waals surface area contributed by atoms with Gasteiger partial charge in [0.25, 0.3) is 0 Å². The summed E-state index contributed by atoms with van der Waals surface area (Å²) in [4.78, 5) is 4.97. The third-order valence-corrected chi connectivity index (χ3v) is 13.2. The molecule has 64 heavy (non-hydrogen) atoms. The molecule has 0 bridgehead atoms. The molecule has 0 amide bonds. The van der Waals surface area contributed by atoms with Crippen molar-refractivity contribution >= 4 is 61.1 Å². The third kappa shape index (κ3) is 7.62. The van der Waals surface area contributed by atoms with Gasteiger partial charge < -0.3 is 9.80 Å². The number of nitrogens with zero attached hydrogens (tertiary/aromatic N) is 2. The fourth-order valence-electron chi connectivity index (χ4n) is 9.95. The largest absolute Gasteiger partial charge is 0.310 e. The van der Waals surface area contributed by atoms with Crippen molar-refractivity contribution in [1.82, 2.24) is 0 Å². The normalized spacial score (nSPS) is 15.9. The van der Waals surface area contributed by atoms with Gasteiger partial charge in [0.1, 0.15) is 0 Å². The Labute approximate surface area is 377 Å². The first-order valence-corrected chi connectivity index (χ1v) is 22.8. The molecule has 0 spiro atoms. The zero-order valence-electron chi connectivity index (χ0n) is 36.0. The lowest BCUT2D eigenvalue weighted by atomic mass is 9.87. The zero-order valence-corrected chi connectivity index (χ0v) is 36.0. The second kappa shape index (κ2) is 17.6. The van der Waals surface area contributed by atoms with E-state index in [1.54, 1.807) is 0 Å². The molecule has 0 N–H and O–H groups in total. The van der Waals surface area contributed by atoms with E-state index in [2.05, 4.69) is 246 Å². The minimum absolute atomic E-state index is 0.405. The summed E-state index contributed by atoms with van der Waals surface area (Å²) in [7, 11) is 0. The third-order valence-electron chi connectivity index (χ3n) is 13.2. The van der Waals surface area contributed by atoms with Crippen LogP contribution in [0.15, 0.2) is 248 Å². The summed E-state index contributed by atoms with van der Waals surface area (Å²) in [5.41, 5.74) is 16.1. The highest BCUT2D eigenvalue weighted by Gasteiger charge is 2.25. The Bertz CT molecular complexity index is 3180. The van der Waals surface area contributed by atoms with E-state index in [9.17, 15) is 0 Å². The number of fused-ring (bicyclic) bond motifs is 2. The van der Waals surface area contributed by atoms with Crippen LogP contribution in [0, 0.1) is 5.92 Å². The van der Waals surface area contributed by atoms with Crippen LogP contribution in [0.3, 0.4) is 0 Å². The summed E-state index contributed by atoms with van der Waals surface area (Å²) in [6.07, 6.45) is 24.2. The van der Waals surface area contributed by atoms with E-state index in [1.165, 1.54) is 83.3 Å². The number of para-hydroxylation sites is 2. The molecule has 3 aliphatic rings. The molecule has 2 heteroatoms. The maximum atomic E-state index is 2.51. The summed E-state index contributed by atoms with van der Waals surface area (Å²) in [6, 6.07) is 68.5. The van der Waals surface area contributed by atoms with Crippen LogP contribution >= 0.6 is 0 Å². The summed E-state index contributed by atoms with van der Waals surface area (Å²) in [5.74, 6) is 0.405. The first kappa shape index (κ1) is 39.2. The Hall–Kier alpha value is -7.68. The van der Waals surface area contributed by atoms with Crippen LogP contribution in [-0.4, -0.2) is 0 Å². The molecular formula is C62H50N2. The maximum Gasteiger partial charge on any atom is 0.0540 e. The van der Waals surface area contributed by atoms with Crippen molar-refractivity contribution in [3.63, 3.8) is 0 Å². The fraction of sp³-hybridized carbons (Fsp3) is 0.0968. The topological polar surface area (TPSA) is 6.48 Å². The van der Waals surface area contributed by atoms with Crippen molar-refractivity contribution < 1.29 is 0 Å². The molecule has 1 unspecified atom stereocenters. The lowest BCUT2D eigenvalue weighted by Crippen LogP contribution is -2.19. The molecule has 0 fully saturated rings. The average Bonchev–Trinajstić information content (AvgIpc) is 3.38. The molecule has 2 nitrogen and oxygen atoms in total. The van der Waals surface area contributed by atoms with Crippen LogP contribution in [-0.2, 0) is 0 Å². The number of hydrogen-bond donors (Lipinski definition) is 0. The van der Waals surface area contributed by atoms with E-state index >= 15 is 0 Å². The van der Waals surface area contributed by atoms with E-state index in [1.807, 2.05) is 0 Å². The monoisotopic (exact) mass is 822 g/mol. The van der Waals surface area contributed by atoms with Gasteiger partial charge >= 0.3 is 0 Å². The van der Waals surface area contributed by atoms with Crippen molar-refractivity contribution in [2.24, 2.45) is 5.92 Å². The predicted octanol–water partition coefficient (Wildman–Crippen LogP) is 17.3. The minimum Gasteiger partial charge on any atom is -0.310 e. The van der Waals surface area contributed by atoms with Gasteiger partial charge in [0.2, 0.25) is 0 Å². The summed E-state index contributed by atoms with van der Waals surface area (Å²) < 4.78 is 0. The van der Waals surface area contributed by atoms with Gasteiger partial charge in [-0.2, -0.15) is 0 Å². The molecule has 8 aromatic carbocycles. The van der Waals surface area contributed by atoms with Crippen LogP contribution < -0.4 is 9.80 Å². The zero-order chi connectivity index (χ0) is 42.7. The second-order valence-electron chi connectivity index (χ2n) is 17.0. The quantitative estimate of drug-likeness (QED) is 0.136. The molecule has 308 valence electrons. The summed E-state index contributed by atoms with van der Waals surface area (Å²) in [6.45, 7) is 0. The number of allylic oxidation sites excluding steroid dienone is 11. The smallest absolute Gasteiger partial charge is 0.0540 e. The van der Waals surface area contributed by atoms with Gasteiger partial charge in [0.15, 0.2) is 0 Å². The van der Waals surface area contributed by atoms with Gasteiger partial charge in [-0.3, -0.25) is 0 Å². The Morgan fingerprint density at radius 2 is 0.938 bits per heavy atom. The van der Waals surface area contributed by atoms with Gasteiger partial charge in [0, 0.05) is 39.2 Å². The first-order chi connectivity index (χ1) is 31.8. The van der Waals surface area contributed by atoms with Gasteiger partial charge in [-0.15, -0.1) is 0 Å². The highest BCUT2D eigenvalue weighted by molar-refractivity contribution is 6.02. The molecule has 0 saturated carbocycles. The maximum absolute atomic E-state index is 2.51. The van der Waals surface area contributed by atoms with Crippen molar-refractivity contribution in [2.45, 2.75) is 32.1 Å². The van der Waals surface area contributed by atoms with Crippen molar-refractivity contribution in [3.8, 4) is 11.1 Å². The second-order valence-corrected chi connectivity index (χ2v) is 17.0. The van der Waals surface area contributed by atoms with Crippen LogP contribution in [0.4, 0.5) is 28.4 Å². The van der Waals surface area contributed by atoms with Crippen molar-refractivity contribution in [1.29, 1.82) is 0 Å². The van der Waals surface area contributed by atoms with E-state index in [-0.39, 0.29) is 0 Å². The molecular weight excluding hydrogens is 773 g/mol. The molecule has 0 heterocycles. The molecule has 0 radical (unpaired) electrons. The van der Waals surface area contributed by atoms with Crippen molar-refractivity contribution in [3.05, 3.63) is 259 Å². The van der Waals surface area contributed by atoms with Gasteiger partial charge in [-0.1, -0.05) is 194 Å².